The predicted octanol–water partition coefficient (Wildman–Crippen LogP) is 4.29. The fourth-order valence-corrected chi connectivity index (χ4v) is 6.38. The van der Waals surface area contributed by atoms with Gasteiger partial charge < -0.3 is 9.80 Å². The minimum atomic E-state index is -0.499. The maximum absolute atomic E-state index is 13.5. The Morgan fingerprint density at radius 2 is 1.86 bits per heavy atom. The van der Waals surface area contributed by atoms with Crippen LogP contribution in [0, 0.1) is 17.0 Å². The van der Waals surface area contributed by atoms with Gasteiger partial charge in [-0.1, -0.05) is 30.3 Å². The van der Waals surface area contributed by atoms with Crippen LogP contribution >= 0.6 is 11.3 Å². The lowest BCUT2D eigenvalue weighted by atomic mass is 9.90. The molecule has 0 aliphatic carbocycles. The third-order valence-electron chi connectivity index (χ3n) is 7.43. The van der Waals surface area contributed by atoms with Crippen molar-refractivity contribution in [3.05, 3.63) is 97.2 Å². The molecule has 2 aromatic carbocycles. The maximum atomic E-state index is 13.5. The Balaban J connectivity index is 1.28. The number of amides is 2. The number of carbonyl (C=O) groups is 2. The number of fused-ring (bicyclic) bond motifs is 1. The zero-order valence-electron chi connectivity index (χ0n) is 21.0. The number of hydrogen-bond acceptors (Lipinski definition) is 6. The molecule has 2 amide bonds. The number of nitrogens with zero attached hydrogens (tertiary/aromatic N) is 4. The van der Waals surface area contributed by atoms with E-state index in [4.69, 9.17) is 0 Å². The van der Waals surface area contributed by atoms with Crippen LogP contribution in [0.5, 0.6) is 0 Å². The molecule has 2 aliphatic rings. The van der Waals surface area contributed by atoms with Crippen LogP contribution in [0.3, 0.4) is 0 Å². The first kappa shape index (κ1) is 25.1. The van der Waals surface area contributed by atoms with Crippen molar-refractivity contribution in [2.24, 2.45) is 0 Å². The lowest BCUT2D eigenvalue weighted by molar-refractivity contribution is -0.384. The van der Waals surface area contributed by atoms with Crippen molar-refractivity contribution in [2.45, 2.75) is 32.4 Å². The van der Waals surface area contributed by atoms with E-state index in [1.54, 1.807) is 22.3 Å². The molecule has 0 radical (unpaired) electrons. The number of hydrogen-bond donors (Lipinski definition) is 0. The van der Waals surface area contributed by atoms with Gasteiger partial charge >= 0.3 is 0 Å². The standard InChI is InChI=1S/C28H30N4O4S/c1-19-6-3-4-9-23(19)27-24-11-15-37-25(24)10-12-30(27)18-26(33)29-13-14-31(20(2)17-29)28(34)21-7-5-8-22(16-21)32(35)36/h3-9,11,15-16,20,27H,10,12-14,17-18H2,1-2H3/t20-,27-/m0/s1. The summed E-state index contributed by atoms with van der Waals surface area (Å²) in [6.07, 6.45) is 0.935. The van der Waals surface area contributed by atoms with E-state index in [2.05, 4.69) is 41.5 Å². The number of carbonyl (C=O) groups excluding carboxylic acids is 2. The summed E-state index contributed by atoms with van der Waals surface area (Å²) in [6, 6.07) is 16.2. The Hall–Kier alpha value is -3.56. The highest BCUT2D eigenvalue weighted by Gasteiger charge is 2.35. The van der Waals surface area contributed by atoms with Crippen LogP contribution in [0.25, 0.3) is 0 Å². The van der Waals surface area contributed by atoms with Crippen LogP contribution in [0.4, 0.5) is 5.69 Å². The smallest absolute Gasteiger partial charge is 0.270 e. The van der Waals surface area contributed by atoms with Gasteiger partial charge in [0.2, 0.25) is 5.91 Å². The van der Waals surface area contributed by atoms with Crippen molar-refractivity contribution >= 4 is 28.8 Å². The monoisotopic (exact) mass is 518 g/mol. The number of piperazine rings is 1. The molecule has 1 saturated heterocycles. The minimum Gasteiger partial charge on any atom is -0.338 e. The van der Waals surface area contributed by atoms with Gasteiger partial charge in [0.05, 0.1) is 17.5 Å². The molecule has 3 heterocycles. The molecule has 2 atom stereocenters. The van der Waals surface area contributed by atoms with E-state index in [1.165, 1.54) is 39.8 Å². The van der Waals surface area contributed by atoms with Gasteiger partial charge in [0.25, 0.3) is 11.6 Å². The molecule has 192 valence electrons. The first-order chi connectivity index (χ1) is 17.8. The number of aryl methyl sites for hydroxylation is 1. The fourth-order valence-electron chi connectivity index (χ4n) is 5.47. The van der Waals surface area contributed by atoms with Crippen molar-refractivity contribution in [1.82, 2.24) is 14.7 Å². The molecule has 5 rings (SSSR count). The molecule has 1 fully saturated rings. The van der Waals surface area contributed by atoms with Crippen molar-refractivity contribution in [2.75, 3.05) is 32.7 Å². The molecule has 37 heavy (non-hydrogen) atoms. The summed E-state index contributed by atoms with van der Waals surface area (Å²) < 4.78 is 0. The van der Waals surface area contributed by atoms with Crippen LogP contribution in [-0.4, -0.2) is 70.2 Å². The van der Waals surface area contributed by atoms with E-state index in [9.17, 15) is 19.7 Å². The van der Waals surface area contributed by atoms with Gasteiger partial charge in [-0.3, -0.25) is 24.6 Å². The number of nitro groups is 1. The highest BCUT2D eigenvalue weighted by Crippen LogP contribution is 2.38. The average Bonchev–Trinajstić information content (AvgIpc) is 3.38. The van der Waals surface area contributed by atoms with Gasteiger partial charge in [-0.2, -0.15) is 0 Å². The molecule has 2 aliphatic heterocycles. The molecule has 8 nitrogen and oxygen atoms in total. The molecule has 1 aromatic heterocycles. The van der Waals surface area contributed by atoms with Gasteiger partial charge in [0.1, 0.15) is 0 Å². The fraction of sp³-hybridized carbons (Fsp3) is 0.357. The van der Waals surface area contributed by atoms with Gasteiger partial charge in [-0.15, -0.1) is 11.3 Å². The number of rotatable bonds is 5. The summed E-state index contributed by atoms with van der Waals surface area (Å²) in [6.45, 7) is 6.45. The summed E-state index contributed by atoms with van der Waals surface area (Å²) in [4.78, 5) is 44.4. The molecular weight excluding hydrogens is 488 g/mol. The minimum absolute atomic E-state index is 0.0503. The molecule has 0 unspecified atom stereocenters. The largest absolute Gasteiger partial charge is 0.338 e. The number of benzene rings is 2. The van der Waals surface area contributed by atoms with E-state index >= 15 is 0 Å². The molecular formula is C28H30N4O4S. The zero-order chi connectivity index (χ0) is 26.1. The summed E-state index contributed by atoms with van der Waals surface area (Å²) >= 11 is 1.79. The lowest BCUT2D eigenvalue weighted by Crippen LogP contribution is -2.57. The summed E-state index contributed by atoms with van der Waals surface area (Å²) in [5.41, 5.74) is 3.92. The van der Waals surface area contributed by atoms with Crippen LogP contribution in [0.1, 0.15) is 44.9 Å². The van der Waals surface area contributed by atoms with E-state index in [0.717, 1.165) is 13.0 Å². The van der Waals surface area contributed by atoms with E-state index < -0.39 is 4.92 Å². The Morgan fingerprint density at radius 3 is 2.62 bits per heavy atom. The highest BCUT2D eigenvalue weighted by atomic mass is 32.1. The number of thiophene rings is 1. The molecule has 3 aromatic rings. The molecule has 0 N–H and O–H groups in total. The average molecular weight is 519 g/mol. The third-order valence-corrected chi connectivity index (χ3v) is 8.43. The summed E-state index contributed by atoms with van der Waals surface area (Å²) in [5.74, 6) is -0.185. The Morgan fingerprint density at radius 1 is 1.05 bits per heavy atom. The molecule has 9 heteroatoms. The van der Waals surface area contributed by atoms with Gasteiger partial charge in [0, 0.05) is 54.8 Å². The normalized spacial score (nSPS) is 19.9. The zero-order valence-corrected chi connectivity index (χ0v) is 21.8. The predicted molar refractivity (Wildman–Crippen MR) is 143 cm³/mol. The van der Waals surface area contributed by atoms with Crippen molar-refractivity contribution in [3.63, 3.8) is 0 Å². The number of non-ortho nitro benzene ring substituents is 1. The van der Waals surface area contributed by atoms with Crippen LogP contribution < -0.4 is 0 Å². The van der Waals surface area contributed by atoms with Gasteiger partial charge in [0.15, 0.2) is 0 Å². The quantitative estimate of drug-likeness (QED) is 0.372. The summed E-state index contributed by atoms with van der Waals surface area (Å²) in [7, 11) is 0. The van der Waals surface area contributed by atoms with Crippen molar-refractivity contribution in [1.29, 1.82) is 0 Å². The second kappa shape index (κ2) is 10.4. The first-order valence-corrected chi connectivity index (χ1v) is 13.4. The second-order valence-electron chi connectivity index (χ2n) is 9.77. The molecule has 0 spiro atoms. The van der Waals surface area contributed by atoms with Crippen LogP contribution in [-0.2, 0) is 11.2 Å². The van der Waals surface area contributed by atoms with Crippen molar-refractivity contribution < 1.29 is 14.5 Å². The van der Waals surface area contributed by atoms with Crippen molar-refractivity contribution in [3.8, 4) is 0 Å². The Kier molecular flexibility index (Phi) is 7.08. The molecule has 0 bridgehead atoms. The first-order valence-electron chi connectivity index (χ1n) is 12.5. The summed E-state index contributed by atoms with van der Waals surface area (Å²) in [5, 5.41) is 13.3. The maximum Gasteiger partial charge on any atom is 0.270 e. The lowest BCUT2D eigenvalue weighted by Gasteiger charge is -2.42. The van der Waals surface area contributed by atoms with E-state index in [0.29, 0.717) is 31.7 Å². The second-order valence-corrected chi connectivity index (χ2v) is 10.8. The van der Waals surface area contributed by atoms with Crippen LogP contribution in [0.2, 0.25) is 0 Å². The Labute approximate surface area is 220 Å². The third kappa shape index (κ3) is 5.01. The van der Waals surface area contributed by atoms with E-state index in [1.807, 2.05) is 17.9 Å². The van der Waals surface area contributed by atoms with Gasteiger partial charge in [-0.25, -0.2) is 0 Å². The van der Waals surface area contributed by atoms with Crippen LogP contribution in [0.15, 0.2) is 60.0 Å². The SMILES string of the molecule is Cc1ccccc1[C@H]1c2ccsc2CCN1CC(=O)N1CCN(C(=O)c2cccc([N+](=O)[O-])c2)[C@@H](C)C1. The Bertz CT molecular complexity index is 1340. The van der Waals surface area contributed by atoms with E-state index in [-0.39, 0.29) is 29.6 Å². The molecule has 0 saturated carbocycles. The van der Waals surface area contributed by atoms with Gasteiger partial charge in [-0.05, 0) is 54.5 Å². The number of nitro benzene ring substituents is 1. The highest BCUT2D eigenvalue weighted by molar-refractivity contribution is 7.10. The topological polar surface area (TPSA) is 87.0 Å².